The molecule has 0 radical (unpaired) electrons. The molecular formula is C23H26N2O3. The molecule has 1 fully saturated rings. The van der Waals surface area contributed by atoms with Gasteiger partial charge in [-0.2, -0.15) is 0 Å². The lowest BCUT2D eigenvalue weighted by atomic mass is 9.94. The zero-order valence-electron chi connectivity index (χ0n) is 16.6. The maximum Gasteiger partial charge on any atom is 0.257 e. The van der Waals surface area contributed by atoms with Crippen molar-refractivity contribution in [1.82, 2.24) is 4.90 Å². The molecule has 1 aliphatic rings. The minimum absolute atomic E-state index is 0.0116. The lowest BCUT2D eigenvalue weighted by Crippen LogP contribution is -2.56. The van der Waals surface area contributed by atoms with E-state index in [0.717, 1.165) is 5.56 Å². The van der Waals surface area contributed by atoms with Crippen LogP contribution in [0, 0.1) is 0 Å². The van der Waals surface area contributed by atoms with Crippen molar-refractivity contribution in [3.63, 3.8) is 0 Å². The van der Waals surface area contributed by atoms with E-state index in [4.69, 9.17) is 0 Å². The third-order valence-corrected chi connectivity index (χ3v) is 5.43. The molecule has 1 unspecified atom stereocenters. The van der Waals surface area contributed by atoms with Gasteiger partial charge < -0.3 is 4.90 Å². The molecule has 2 aromatic carbocycles. The smallest absolute Gasteiger partial charge is 0.257 e. The van der Waals surface area contributed by atoms with Crippen molar-refractivity contribution in [2.24, 2.45) is 0 Å². The van der Waals surface area contributed by atoms with E-state index in [1.165, 1.54) is 4.90 Å². The van der Waals surface area contributed by atoms with Gasteiger partial charge in [0.15, 0.2) is 0 Å². The zero-order valence-corrected chi connectivity index (χ0v) is 16.6. The summed E-state index contributed by atoms with van der Waals surface area (Å²) in [7, 11) is 0. The van der Waals surface area contributed by atoms with E-state index in [1.807, 2.05) is 57.2 Å². The molecule has 0 spiro atoms. The first-order valence-electron chi connectivity index (χ1n) is 9.63. The number of benzene rings is 2. The summed E-state index contributed by atoms with van der Waals surface area (Å²) >= 11 is 0. The SMILES string of the molecule is CCC(C)(C)N(C(=O)Cc1ccccc1)C1CC(=O)N(c2ccccc2)C1=O. The van der Waals surface area contributed by atoms with Gasteiger partial charge in [-0.3, -0.25) is 14.4 Å². The minimum atomic E-state index is -0.779. The van der Waals surface area contributed by atoms with E-state index >= 15 is 0 Å². The quantitative estimate of drug-likeness (QED) is 0.722. The number of para-hydroxylation sites is 1. The van der Waals surface area contributed by atoms with Crippen molar-refractivity contribution in [1.29, 1.82) is 0 Å². The van der Waals surface area contributed by atoms with Crippen LogP contribution in [0.25, 0.3) is 0 Å². The van der Waals surface area contributed by atoms with Crippen LogP contribution in [0.15, 0.2) is 60.7 Å². The van der Waals surface area contributed by atoms with Crippen LogP contribution < -0.4 is 4.90 Å². The van der Waals surface area contributed by atoms with Crippen LogP contribution in [0.1, 0.15) is 39.2 Å². The maximum absolute atomic E-state index is 13.2. The largest absolute Gasteiger partial charge is 0.325 e. The highest BCUT2D eigenvalue weighted by Gasteiger charge is 2.48. The molecule has 1 aliphatic heterocycles. The number of rotatable bonds is 6. The highest BCUT2D eigenvalue weighted by atomic mass is 16.2. The summed E-state index contributed by atoms with van der Waals surface area (Å²) < 4.78 is 0. The zero-order chi connectivity index (χ0) is 20.3. The second-order valence-corrected chi connectivity index (χ2v) is 7.71. The van der Waals surface area contributed by atoms with Crippen molar-refractivity contribution < 1.29 is 14.4 Å². The average molecular weight is 378 g/mol. The molecule has 146 valence electrons. The molecule has 2 aromatic rings. The van der Waals surface area contributed by atoms with E-state index < -0.39 is 11.6 Å². The topological polar surface area (TPSA) is 57.7 Å². The summed E-state index contributed by atoms with van der Waals surface area (Å²) in [6, 6.07) is 17.6. The molecule has 0 bridgehead atoms. The molecule has 1 heterocycles. The third-order valence-electron chi connectivity index (χ3n) is 5.43. The normalized spacial score (nSPS) is 17.1. The molecule has 0 aromatic heterocycles. The van der Waals surface area contributed by atoms with Gasteiger partial charge in [-0.1, -0.05) is 55.5 Å². The molecule has 3 rings (SSSR count). The Balaban J connectivity index is 1.92. The lowest BCUT2D eigenvalue weighted by Gasteiger charge is -2.41. The first-order chi connectivity index (χ1) is 13.3. The number of carbonyl (C=O) groups excluding carboxylic acids is 3. The molecule has 0 N–H and O–H groups in total. The van der Waals surface area contributed by atoms with Crippen LogP contribution in [0.3, 0.4) is 0 Å². The number of imide groups is 1. The Morgan fingerprint density at radius 1 is 1.04 bits per heavy atom. The number of carbonyl (C=O) groups is 3. The summed E-state index contributed by atoms with van der Waals surface area (Å²) in [4.78, 5) is 41.9. The summed E-state index contributed by atoms with van der Waals surface area (Å²) in [6.07, 6.45) is 0.891. The molecule has 0 aliphatic carbocycles. The Hall–Kier alpha value is -2.95. The van der Waals surface area contributed by atoms with Gasteiger partial charge in [0, 0.05) is 5.54 Å². The van der Waals surface area contributed by atoms with Crippen LogP contribution >= 0.6 is 0 Å². The highest BCUT2D eigenvalue weighted by molar-refractivity contribution is 6.23. The first-order valence-corrected chi connectivity index (χ1v) is 9.63. The summed E-state index contributed by atoms with van der Waals surface area (Å²) in [5.74, 6) is -0.746. The van der Waals surface area contributed by atoms with Crippen LogP contribution in [-0.2, 0) is 20.8 Å². The monoisotopic (exact) mass is 378 g/mol. The van der Waals surface area contributed by atoms with Crippen LogP contribution in [0.2, 0.25) is 0 Å². The minimum Gasteiger partial charge on any atom is -0.325 e. The molecule has 3 amide bonds. The third kappa shape index (κ3) is 3.84. The van der Waals surface area contributed by atoms with Crippen molar-refractivity contribution in [3.8, 4) is 0 Å². The Morgan fingerprint density at radius 2 is 1.61 bits per heavy atom. The fourth-order valence-electron chi connectivity index (χ4n) is 3.63. The standard InChI is InChI=1S/C23H26N2O3/c1-4-23(2,3)25(21(27)15-17-11-7-5-8-12-17)19-16-20(26)24(22(19)28)18-13-9-6-10-14-18/h5-14,19H,4,15-16H2,1-3H3. The molecule has 28 heavy (non-hydrogen) atoms. The maximum atomic E-state index is 13.2. The lowest BCUT2D eigenvalue weighted by molar-refractivity contribution is -0.144. The first kappa shape index (κ1) is 19.8. The predicted molar refractivity (Wildman–Crippen MR) is 109 cm³/mol. The van der Waals surface area contributed by atoms with Gasteiger partial charge in [-0.15, -0.1) is 0 Å². The second-order valence-electron chi connectivity index (χ2n) is 7.71. The van der Waals surface area contributed by atoms with Gasteiger partial charge in [-0.25, -0.2) is 4.90 Å². The molecular weight excluding hydrogens is 352 g/mol. The molecule has 0 saturated carbocycles. The number of nitrogens with zero attached hydrogens (tertiary/aromatic N) is 2. The number of amides is 3. The number of hydrogen-bond donors (Lipinski definition) is 0. The van der Waals surface area contributed by atoms with Crippen LogP contribution in [0.4, 0.5) is 5.69 Å². The summed E-state index contributed by atoms with van der Waals surface area (Å²) in [6.45, 7) is 5.87. The molecule has 1 saturated heterocycles. The van der Waals surface area contributed by atoms with Crippen LogP contribution in [-0.4, -0.2) is 34.2 Å². The Labute approximate surface area is 166 Å². The van der Waals surface area contributed by atoms with Crippen molar-refractivity contribution in [3.05, 3.63) is 66.2 Å². The van der Waals surface area contributed by atoms with E-state index in [9.17, 15) is 14.4 Å². The second kappa shape index (κ2) is 7.97. The van der Waals surface area contributed by atoms with E-state index in [1.54, 1.807) is 29.2 Å². The van der Waals surface area contributed by atoms with E-state index in [0.29, 0.717) is 12.1 Å². The number of anilines is 1. The Bertz CT molecular complexity index is 862. The number of hydrogen-bond acceptors (Lipinski definition) is 3. The summed E-state index contributed by atoms with van der Waals surface area (Å²) in [5, 5.41) is 0. The van der Waals surface area contributed by atoms with Crippen molar-refractivity contribution in [2.75, 3.05) is 4.90 Å². The van der Waals surface area contributed by atoms with E-state index in [-0.39, 0.29) is 30.6 Å². The van der Waals surface area contributed by atoms with Gasteiger partial charge in [0.25, 0.3) is 5.91 Å². The van der Waals surface area contributed by atoms with Crippen LogP contribution in [0.5, 0.6) is 0 Å². The van der Waals surface area contributed by atoms with Gasteiger partial charge in [-0.05, 0) is 38.0 Å². The fraction of sp³-hybridized carbons (Fsp3) is 0.348. The summed E-state index contributed by atoms with van der Waals surface area (Å²) in [5.41, 5.74) is 0.893. The molecule has 5 nitrogen and oxygen atoms in total. The van der Waals surface area contributed by atoms with Gasteiger partial charge in [0.05, 0.1) is 18.5 Å². The average Bonchev–Trinajstić information content (AvgIpc) is 2.97. The predicted octanol–water partition coefficient (Wildman–Crippen LogP) is 3.58. The Kier molecular flexibility index (Phi) is 5.63. The van der Waals surface area contributed by atoms with Crippen molar-refractivity contribution >= 4 is 23.4 Å². The van der Waals surface area contributed by atoms with Crippen molar-refractivity contribution in [2.45, 2.75) is 51.6 Å². The fourth-order valence-corrected chi connectivity index (χ4v) is 3.63. The van der Waals surface area contributed by atoms with E-state index in [2.05, 4.69) is 0 Å². The van der Waals surface area contributed by atoms with Gasteiger partial charge >= 0.3 is 0 Å². The molecule has 5 heteroatoms. The molecule has 1 atom stereocenters. The highest BCUT2D eigenvalue weighted by Crippen LogP contribution is 2.31. The van der Waals surface area contributed by atoms with Gasteiger partial charge in [0.2, 0.25) is 11.8 Å². The Morgan fingerprint density at radius 3 is 2.18 bits per heavy atom. The van der Waals surface area contributed by atoms with Gasteiger partial charge in [0.1, 0.15) is 6.04 Å².